The van der Waals surface area contributed by atoms with Crippen LogP contribution in [0.15, 0.2) is 29.2 Å². The highest BCUT2D eigenvalue weighted by Gasteiger charge is 2.32. The van der Waals surface area contributed by atoms with Crippen molar-refractivity contribution < 1.29 is 27.1 Å². The molecule has 1 aromatic rings. The van der Waals surface area contributed by atoms with E-state index in [9.17, 15) is 22.4 Å². The van der Waals surface area contributed by atoms with E-state index in [1.165, 1.54) is 16.4 Å². The lowest BCUT2D eigenvalue weighted by molar-refractivity contribution is -0.153. The second-order valence-corrected chi connectivity index (χ2v) is 7.14. The second-order valence-electron chi connectivity index (χ2n) is 5.21. The van der Waals surface area contributed by atoms with Gasteiger partial charge in [-0.1, -0.05) is 0 Å². The lowest BCUT2D eigenvalue weighted by Crippen LogP contribution is -2.41. The number of piperidine rings is 1. The van der Waals surface area contributed by atoms with Gasteiger partial charge < -0.3 is 10.5 Å². The maximum atomic E-state index is 12.9. The summed E-state index contributed by atoms with van der Waals surface area (Å²) in [6, 6.07) is 4.58. The number of carbonyl (C=O) groups excluding carboxylic acids is 2. The molecular weight excluding hydrogens is 327 g/mol. The Morgan fingerprint density at radius 3 is 2.30 bits per heavy atom. The number of rotatable bonds is 5. The van der Waals surface area contributed by atoms with Crippen molar-refractivity contribution in [3.63, 3.8) is 0 Å². The number of hydrogen-bond donors (Lipinski definition) is 1. The molecule has 0 spiro atoms. The number of amides is 1. The molecule has 2 rings (SSSR count). The standard InChI is InChI=1S/C14H17FN2O5S/c15-11-1-3-12(4-2-11)23(20,21)17-7-5-10(6-8-17)14(19)22-9-13(16)18/h1-4,10H,5-9H2,(H2,16,18). The molecule has 1 aromatic carbocycles. The Bertz CT molecular complexity index is 682. The molecule has 126 valence electrons. The van der Waals surface area contributed by atoms with Crippen molar-refractivity contribution in [2.45, 2.75) is 17.7 Å². The summed E-state index contributed by atoms with van der Waals surface area (Å²) in [5, 5.41) is 0. The van der Waals surface area contributed by atoms with Crippen LogP contribution >= 0.6 is 0 Å². The molecule has 0 aromatic heterocycles. The van der Waals surface area contributed by atoms with E-state index in [4.69, 9.17) is 10.5 Å². The van der Waals surface area contributed by atoms with Gasteiger partial charge in [0, 0.05) is 13.1 Å². The summed E-state index contributed by atoms with van der Waals surface area (Å²) in [6.07, 6.45) is 0.579. The summed E-state index contributed by atoms with van der Waals surface area (Å²) >= 11 is 0. The summed E-state index contributed by atoms with van der Waals surface area (Å²) < 4.78 is 43.7. The molecule has 1 fully saturated rings. The Hall–Kier alpha value is -2.00. The van der Waals surface area contributed by atoms with Gasteiger partial charge in [0.1, 0.15) is 5.82 Å². The van der Waals surface area contributed by atoms with Crippen molar-refractivity contribution in [2.24, 2.45) is 11.7 Å². The SMILES string of the molecule is NC(=O)COC(=O)C1CCN(S(=O)(=O)c2ccc(F)cc2)CC1. The molecule has 0 atom stereocenters. The highest BCUT2D eigenvalue weighted by atomic mass is 32.2. The number of sulfonamides is 1. The van der Waals surface area contributed by atoms with Crippen LogP contribution in [0.3, 0.4) is 0 Å². The molecule has 0 aliphatic carbocycles. The van der Waals surface area contributed by atoms with E-state index in [1.54, 1.807) is 0 Å². The van der Waals surface area contributed by atoms with Gasteiger partial charge in [-0.2, -0.15) is 4.31 Å². The van der Waals surface area contributed by atoms with Gasteiger partial charge in [0.05, 0.1) is 10.8 Å². The highest BCUT2D eigenvalue weighted by Crippen LogP contribution is 2.24. The number of nitrogens with zero attached hydrogens (tertiary/aromatic N) is 1. The quantitative estimate of drug-likeness (QED) is 0.771. The molecule has 0 radical (unpaired) electrons. The van der Waals surface area contributed by atoms with Crippen molar-refractivity contribution in [2.75, 3.05) is 19.7 Å². The van der Waals surface area contributed by atoms with E-state index < -0.39 is 40.2 Å². The molecule has 0 bridgehead atoms. The third-order valence-electron chi connectivity index (χ3n) is 3.60. The zero-order chi connectivity index (χ0) is 17.0. The predicted octanol–water partition coefficient (Wildman–Crippen LogP) is 0.255. The topological polar surface area (TPSA) is 107 Å². The summed E-state index contributed by atoms with van der Waals surface area (Å²) in [7, 11) is -3.71. The van der Waals surface area contributed by atoms with E-state index in [-0.39, 0.29) is 30.8 Å². The summed E-state index contributed by atoms with van der Waals surface area (Å²) in [5.74, 6) is -2.27. The van der Waals surface area contributed by atoms with Crippen molar-refractivity contribution in [3.8, 4) is 0 Å². The Balaban J connectivity index is 1.97. The minimum absolute atomic E-state index is 0.00801. The van der Waals surface area contributed by atoms with Gasteiger partial charge >= 0.3 is 5.97 Å². The molecule has 1 aliphatic rings. The number of primary amides is 1. The van der Waals surface area contributed by atoms with E-state index in [1.807, 2.05) is 0 Å². The first kappa shape index (κ1) is 17.4. The fraction of sp³-hybridized carbons (Fsp3) is 0.429. The van der Waals surface area contributed by atoms with Gasteiger partial charge in [-0.3, -0.25) is 9.59 Å². The number of halogens is 1. The van der Waals surface area contributed by atoms with Crippen LogP contribution in [-0.2, 0) is 24.3 Å². The largest absolute Gasteiger partial charge is 0.455 e. The molecule has 1 heterocycles. The second kappa shape index (κ2) is 7.05. The lowest BCUT2D eigenvalue weighted by Gasteiger charge is -2.30. The van der Waals surface area contributed by atoms with Crippen molar-refractivity contribution >= 4 is 21.9 Å². The normalized spacial score (nSPS) is 16.9. The molecular formula is C14H17FN2O5S. The Morgan fingerprint density at radius 1 is 1.22 bits per heavy atom. The zero-order valence-electron chi connectivity index (χ0n) is 12.3. The van der Waals surface area contributed by atoms with Gasteiger partial charge in [-0.05, 0) is 37.1 Å². The molecule has 9 heteroatoms. The van der Waals surface area contributed by atoms with Gasteiger partial charge in [-0.15, -0.1) is 0 Å². The fourth-order valence-corrected chi connectivity index (χ4v) is 3.82. The van der Waals surface area contributed by atoms with Crippen LogP contribution in [0.5, 0.6) is 0 Å². The number of carbonyl (C=O) groups is 2. The first-order valence-corrected chi connectivity index (χ1v) is 8.45. The third-order valence-corrected chi connectivity index (χ3v) is 5.51. The summed E-state index contributed by atoms with van der Waals surface area (Å²) in [4.78, 5) is 22.3. The Labute approximate surface area is 133 Å². The molecule has 23 heavy (non-hydrogen) atoms. The van der Waals surface area contributed by atoms with E-state index >= 15 is 0 Å². The van der Waals surface area contributed by atoms with Crippen LogP contribution in [0, 0.1) is 11.7 Å². The van der Waals surface area contributed by atoms with Gasteiger partial charge in [-0.25, -0.2) is 12.8 Å². The van der Waals surface area contributed by atoms with Crippen molar-refractivity contribution in [3.05, 3.63) is 30.1 Å². The Morgan fingerprint density at radius 2 is 1.78 bits per heavy atom. The average molecular weight is 344 g/mol. The highest BCUT2D eigenvalue weighted by molar-refractivity contribution is 7.89. The van der Waals surface area contributed by atoms with Crippen LogP contribution in [0.25, 0.3) is 0 Å². The zero-order valence-corrected chi connectivity index (χ0v) is 13.1. The summed E-state index contributed by atoms with van der Waals surface area (Å²) in [5.41, 5.74) is 4.89. The molecule has 0 saturated carbocycles. The van der Waals surface area contributed by atoms with Gasteiger partial charge in [0.25, 0.3) is 5.91 Å². The molecule has 1 aliphatic heterocycles. The fourth-order valence-electron chi connectivity index (χ4n) is 2.35. The minimum Gasteiger partial charge on any atom is -0.455 e. The predicted molar refractivity (Wildman–Crippen MR) is 78.0 cm³/mol. The molecule has 2 N–H and O–H groups in total. The average Bonchev–Trinajstić information content (AvgIpc) is 2.53. The van der Waals surface area contributed by atoms with Crippen molar-refractivity contribution in [1.29, 1.82) is 0 Å². The first-order chi connectivity index (χ1) is 10.8. The summed E-state index contributed by atoms with van der Waals surface area (Å²) in [6.45, 7) is -0.182. The number of ether oxygens (including phenoxy) is 1. The van der Waals surface area contributed by atoms with Crippen LogP contribution in [0.1, 0.15) is 12.8 Å². The Kier molecular flexibility index (Phi) is 5.32. The van der Waals surface area contributed by atoms with Crippen LogP contribution in [0.4, 0.5) is 4.39 Å². The molecule has 7 nitrogen and oxygen atoms in total. The van der Waals surface area contributed by atoms with E-state index in [0.717, 1.165) is 12.1 Å². The van der Waals surface area contributed by atoms with Crippen LogP contribution < -0.4 is 5.73 Å². The minimum atomic E-state index is -3.71. The molecule has 1 amide bonds. The molecule has 1 saturated heterocycles. The van der Waals surface area contributed by atoms with Gasteiger partial charge in [0.2, 0.25) is 10.0 Å². The number of nitrogens with two attached hydrogens (primary N) is 1. The number of hydrogen-bond acceptors (Lipinski definition) is 5. The lowest BCUT2D eigenvalue weighted by atomic mass is 9.98. The number of benzene rings is 1. The maximum Gasteiger partial charge on any atom is 0.309 e. The first-order valence-electron chi connectivity index (χ1n) is 7.01. The van der Waals surface area contributed by atoms with Crippen molar-refractivity contribution in [1.82, 2.24) is 4.31 Å². The van der Waals surface area contributed by atoms with E-state index in [0.29, 0.717) is 0 Å². The monoisotopic (exact) mass is 344 g/mol. The maximum absolute atomic E-state index is 12.9. The number of esters is 1. The third kappa shape index (κ3) is 4.26. The van der Waals surface area contributed by atoms with E-state index in [2.05, 4.69) is 0 Å². The van der Waals surface area contributed by atoms with Crippen LogP contribution in [0.2, 0.25) is 0 Å². The van der Waals surface area contributed by atoms with Crippen LogP contribution in [-0.4, -0.2) is 44.3 Å². The smallest absolute Gasteiger partial charge is 0.309 e. The van der Waals surface area contributed by atoms with Gasteiger partial charge in [0.15, 0.2) is 6.61 Å². The molecule has 0 unspecified atom stereocenters.